The van der Waals surface area contributed by atoms with Crippen molar-refractivity contribution in [3.63, 3.8) is 0 Å². The van der Waals surface area contributed by atoms with Crippen LogP contribution in [-0.2, 0) is 18.0 Å². The SMILES string of the molecule is CC(C)c1[nH]nc(C(=O)Nc2cccc(COCc3ccco3)c2)c1Br. The van der Waals surface area contributed by atoms with Gasteiger partial charge in [0.2, 0.25) is 0 Å². The molecule has 0 spiro atoms. The molecule has 0 saturated heterocycles. The third-order valence-corrected chi connectivity index (χ3v) is 4.61. The van der Waals surface area contributed by atoms with Crippen LogP contribution in [-0.4, -0.2) is 16.1 Å². The minimum atomic E-state index is -0.270. The summed E-state index contributed by atoms with van der Waals surface area (Å²) in [5.41, 5.74) is 2.89. The molecular formula is C19H20BrN3O3. The maximum atomic E-state index is 12.5. The van der Waals surface area contributed by atoms with Crippen LogP contribution in [0.25, 0.3) is 0 Å². The molecule has 0 unspecified atom stereocenters. The lowest BCUT2D eigenvalue weighted by molar-refractivity contribution is 0.0929. The molecule has 0 fully saturated rings. The Kier molecular flexibility index (Phi) is 5.90. The van der Waals surface area contributed by atoms with Gasteiger partial charge >= 0.3 is 0 Å². The quantitative estimate of drug-likeness (QED) is 0.575. The summed E-state index contributed by atoms with van der Waals surface area (Å²) in [6.07, 6.45) is 1.62. The van der Waals surface area contributed by atoms with Gasteiger partial charge in [-0.3, -0.25) is 9.89 Å². The molecular weight excluding hydrogens is 398 g/mol. The van der Waals surface area contributed by atoms with Crippen molar-refractivity contribution in [2.24, 2.45) is 0 Å². The third kappa shape index (κ3) is 4.42. The van der Waals surface area contributed by atoms with Crippen LogP contribution in [0.5, 0.6) is 0 Å². The van der Waals surface area contributed by atoms with Gasteiger partial charge in [0, 0.05) is 5.69 Å². The lowest BCUT2D eigenvalue weighted by atomic mass is 10.1. The van der Waals surface area contributed by atoms with Crippen LogP contribution in [0.1, 0.15) is 47.3 Å². The van der Waals surface area contributed by atoms with Gasteiger partial charge in [-0.25, -0.2) is 0 Å². The Labute approximate surface area is 160 Å². The predicted octanol–water partition coefficient (Wildman–Crippen LogP) is 4.86. The van der Waals surface area contributed by atoms with E-state index in [0.29, 0.717) is 29.1 Å². The molecule has 2 heterocycles. The number of ether oxygens (including phenoxy) is 1. The van der Waals surface area contributed by atoms with Crippen molar-refractivity contribution in [1.82, 2.24) is 10.2 Å². The number of hydrogen-bond acceptors (Lipinski definition) is 4. The molecule has 2 aromatic heterocycles. The predicted molar refractivity (Wildman–Crippen MR) is 102 cm³/mol. The Hall–Kier alpha value is -2.38. The van der Waals surface area contributed by atoms with Crippen LogP contribution in [0, 0.1) is 0 Å². The molecule has 7 heteroatoms. The molecule has 6 nitrogen and oxygen atoms in total. The van der Waals surface area contributed by atoms with E-state index in [0.717, 1.165) is 17.0 Å². The second kappa shape index (κ2) is 8.33. The molecule has 136 valence electrons. The molecule has 0 radical (unpaired) electrons. The summed E-state index contributed by atoms with van der Waals surface area (Å²) in [4.78, 5) is 12.5. The number of halogens is 1. The molecule has 1 aromatic carbocycles. The lowest BCUT2D eigenvalue weighted by Gasteiger charge is -2.07. The fourth-order valence-corrected chi connectivity index (χ4v) is 3.28. The van der Waals surface area contributed by atoms with Gasteiger partial charge in [0.1, 0.15) is 12.4 Å². The van der Waals surface area contributed by atoms with E-state index in [1.165, 1.54) is 0 Å². The van der Waals surface area contributed by atoms with Crippen LogP contribution in [0.4, 0.5) is 5.69 Å². The summed E-state index contributed by atoms with van der Waals surface area (Å²) >= 11 is 3.45. The number of amides is 1. The molecule has 26 heavy (non-hydrogen) atoms. The summed E-state index contributed by atoms with van der Waals surface area (Å²) in [6, 6.07) is 11.2. The highest BCUT2D eigenvalue weighted by molar-refractivity contribution is 9.10. The van der Waals surface area contributed by atoms with Crippen molar-refractivity contribution in [3.8, 4) is 0 Å². The summed E-state index contributed by atoms with van der Waals surface area (Å²) < 4.78 is 11.6. The maximum Gasteiger partial charge on any atom is 0.277 e. The monoisotopic (exact) mass is 417 g/mol. The highest BCUT2D eigenvalue weighted by Crippen LogP contribution is 2.26. The van der Waals surface area contributed by atoms with E-state index in [1.807, 2.05) is 50.2 Å². The first kappa shape index (κ1) is 18.4. The number of rotatable bonds is 7. The van der Waals surface area contributed by atoms with Gasteiger partial charge in [-0.2, -0.15) is 5.10 Å². The van der Waals surface area contributed by atoms with E-state index >= 15 is 0 Å². The number of aromatic nitrogens is 2. The van der Waals surface area contributed by atoms with E-state index in [9.17, 15) is 4.79 Å². The van der Waals surface area contributed by atoms with Crippen molar-refractivity contribution in [2.75, 3.05) is 5.32 Å². The third-order valence-electron chi connectivity index (χ3n) is 3.80. The number of H-pyrrole nitrogens is 1. The topological polar surface area (TPSA) is 80.2 Å². The number of aromatic amines is 1. The Morgan fingerprint density at radius 2 is 2.15 bits per heavy atom. The fourth-order valence-electron chi connectivity index (χ4n) is 2.47. The minimum absolute atomic E-state index is 0.244. The second-order valence-corrected chi connectivity index (χ2v) is 6.97. The van der Waals surface area contributed by atoms with Crippen LogP contribution in [0.15, 0.2) is 51.6 Å². The van der Waals surface area contributed by atoms with E-state index in [4.69, 9.17) is 9.15 Å². The van der Waals surface area contributed by atoms with Crippen molar-refractivity contribution >= 4 is 27.5 Å². The van der Waals surface area contributed by atoms with E-state index in [2.05, 4.69) is 31.4 Å². The van der Waals surface area contributed by atoms with Crippen LogP contribution >= 0.6 is 15.9 Å². The highest BCUT2D eigenvalue weighted by atomic mass is 79.9. The first-order valence-electron chi connectivity index (χ1n) is 8.28. The Morgan fingerprint density at radius 3 is 2.85 bits per heavy atom. The number of hydrogen-bond donors (Lipinski definition) is 2. The van der Waals surface area contributed by atoms with Gasteiger partial charge in [0.15, 0.2) is 5.69 Å². The zero-order valence-electron chi connectivity index (χ0n) is 14.6. The number of carbonyl (C=O) groups is 1. The normalized spacial score (nSPS) is 11.1. The van der Waals surface area contributed by atoms with E-state index in [-0.39, 0.29) is 11.8 Å². The molecule has 0 saturated carbocycles. The minimum Gasteiger partial charge on any atom is -0.467 e. The molecule has 0 atom stereocenters. The number of nitrogens with one attached hydrogen (secondary N) is 2. The summed E-state index contributed by atoms with van der Waals surface area (Å²) in [5.74, 6) is 0.750. The molecule has 0 aliphatic carbocycles. The zero-order chi connectivity index (χ0) is 18.5. The van der Waals surface area contributed by atoms with Gasteiger partial charge in [-0.15, -0.1) is 0 Å². The molecule has 3 rings (SSSR count). The number of furan rings is 1. The van der Waals surface area contributed by atoms with E-state index in [1.54, 1.807) is 6.26 Å². The smallest absolute Gasteiger partial charge is 0.277 e. The number of nitrogens with zero attached hydrogens (tertiary/aromatic N) is 1. The van der Waals surface area contributed by atoms with Crippen molar-refractivity contribution in [3.05, 3.63) is 69.8 Å². The Morgan fingerprint density at radius 1 is 1.31 bits per heavy atom. The summed E-state index contributed by atoms with van der Waals surface area (Å²) in [6.45, 7) is 4.90. The molecule has 0 bridgehead atoms. The Balaban J connectivity index is 1.62. The van der Waals surface area contributed by atoms with Gasteiger partial charge in [0.25, 0.3) is 5.91 Å². The molecule has 3 aromatic rings. The molecule has 2 N–H and O–H groups in total. The number of benzene rings is 1. The highest BCUT2D eigenvalue weighted by Gasteiger charge is 2.19. The maximum absolute atomic E-state index is 12.5. The number of anilines is 1. The van der Waals surface area contributed by atoms with E-state index < -0.39 is 0 Å². The second-order valence-electron chi connectivity index (χ2n) is 6.18. The largest absolute Gasteiger partial charge is 0.467 e. The average molecular weight is 418 g/mol. The standard InChI is InChI=1S/C19H20BrN3O3/c1-12(2)17-16(20)18(23-22-17)19(24)21-14-6-3-5-13(9-14)10-25-11-15-7-4-8-26-15/h3-9,12H,10-11H2,1-2H3,(H,21,24)(H,22,23). The number of carbonyl (C=O) groups excluding carboxylic acids is 1. The Bertz CT molecular complexity index is 872. The molecule has 0 aliphatic rings. The van der Waals surface area contributed by atoms with Gasteiger partial charge < -0.3 is 14.5 Å². The first-order chi connectivity index (χ1) is 12.5. The van der Waals surface area contributed by atoms with Crippen molar-refractivity contribution < 1.29 is 13.9 Å². The first-order valence-corrected chi connectivity index (χ1v) is 9.08. The summed E-state index contributed by atoms with van der Waals surface area (Å²) in [7, 11) is 0. The van der Waals surface area contributed by atoms with Gasteiger partial charge in [0.05, 0.1) is 23.0 Å². The van der Waals surface area contributed by atoms with Gasteiger partial charge in [-0.1, -0.05) is 26.0 Å². The summed E-state index contributed by atoms with van der Waals surface area (Å²) in [5, 5.41) is 9.89. The van der Waals surface area contributed by atoms with Gasteiger partial charge in [-0.05, 0) is 51.7 Å². The van der Waals surface area contributed by atoms with Crippen LogP contribution in [0.3, 0.4) is 0 Å². The molecule has 1 amide bonds. The fraction of sp³-hybridized carbons (Fsp3) is 0.263. The lowest BCUT2D eigenvalue weighted by Crippen LogP contribution is -2.13. The van der Waals surface area contributed by atoms with Crippen molar-refractivity contribution in [2.45, 2.75) is 33.0 Å². The van der Waals surface area contributed by atoms with Crippen molar-refractivity contribution in [1.29, 1.82) is 0 Å². The molecule has 0 aliphatic heterocycles. The average Bonchev–Trinajstić information content (AvgIpc) is 3.24. The van der Waals surface area contributed by atoms with Crippen LogP contribution in [0.2, 0.25) is 0 Å². The zero-order valence-corrected chi connectivity index (χ0v) is 16.2. The van der Waals surface area contributed by atoms with Crippen LogP contribution < -0.4 is 5.32 Å².